The van der Waals surface area contributed by atoms with Crippen molar-refractivity contribution in [2.24, 2.45) is 0 Å². The van der Waals surface area contributed by atoms with Crippen LogP contribution in [0.5, 0.6) is 11.5 Å². The summed E-state index contributed by atoms with van der Waals surface area (Å²) in [5.74, 6) is 0.998. The van der Waals surface area contributed by atoms with Gasteiger partial charge in [0.2, 0.25) is 0 Å². The van der Waals surface area contributed by atoms with E-state index in [1.165, 1.54) is 17.5 Å². The maximum absolute atomic E-state index is 11.8. The number of hydrogen-bond acceptors (Lipinski definition) is 5. The van der Waals surface area contributed by atoms with E-state index in [2.05, 4.69) is 10.3 Å². The summed E-state index contributed by atoms with van der Waals surface area (Å²) in [5.41, 5.74) is 2.26. The SMILES string of the molecule is COc1ccc(NC(=O)c2cncs2)cc1OC. The van der Waals surface area contributed by atoms with Crippen molar-refractivity contribution in [3.05, 3.63) is 34.8 Å². The third-order valence-electron chi connectivity index (χ3n) is 2.30. The summed E-state index contributed by atoms with van der Waals surface area (Å²) in [7, 11) is 3.11. The Labute approximate surface area is 108 Å². The number of aromatic nitrogens is 1. The van der Waals surface area contributed by atoms with Crippen LogP contribution in [-0.2, 0) is 0 Å². The molecular weight excluding hydrogens is 252 g/mol. The number of nitrogens with one attached hydrogen (secondary N) is 1. The van der Waals surface area contributed by atoms with E-state index in [9.17, 15) is 4.79 Å². The first-order valence-corrected chi connectivity index (χ1v) is 6.04. The molecule has 0 bridgehead atoms. The van der Waals surface area contributed by atoms with E-state index in [0.29, 0.717) is 22.1 Å². The molecule has 0 atom stereocenters. The van der Waals surface area contributed by atoms with Gasteiger partial charge in [-0.2, -0.15) is 0 Å². The molecule has 0 aliphatic carbocycles. The van der Waals surface area contributed by atoms with Crippen LogP contribution in [0.1, 0.15) is 9.67 Å². The number of nitrogens with zero attached hydrogens (tertiary/aromatic N) is 1. The molecule has 94 valence electrons. The summed E-state index contributed by atoms with van der Waals surface area (Å²) in [5, 5.41) is 2.77. The van der Waals surface area contributed by atoms with E-state index < -0.39 is 0 Å². The molecule has 0 aliphatic heterocycles. The standard InChI is InChI=1S/C12H12N2O3S/c1-16-9-4-3-8(5-10(9)17-2)14-12(15)11-6-13-7-18-11/h3-7H,1-2H3,(H,14,15). The van der Waals surface area contributed by atoms with E-state index in [1.807, 2.05) is 0 Å². The molecule has 5 nitrogen and oxygen atoms in total. The van der Waals surface area contributed by atoms with Crippen LogP contribution in [0, 0.1) is 0 Å². The third-order valence-corrected chi connectivity index (χ3v) is 3.07. The Hall–Kier alpha value is -2.08. The summed E-state index contributed by atoms with van der Waals surface area (Å²) >= 11 is 1.29. The quantitative estimate of drug-likeness (QED) is 0.921. The van der Waals surface area contributed by atoms with Gasteiger partial charge < -0.3 is 14.8 Å². The van der Waals surface area contributed by atoms with Crippen molar-refractivity contribution in [2.45, 2.75) is 0 Å². The number of methoxy groups -OCH3 is 2. The molecule has 0 radical (unpaired) electrons. The van der Waals surface area contributed by atoms with Gasteiger partial charge in [-0.3, -0.25) is 9.78 Å². The molecule has 2 aromatic rings. The van der Waals surface area contributed by atoms with E-state index in [4.69, 9.17) is 9.47 Å². The highest BCUT2D eigenvalue weighted by Gasteiger charge is 2.10. The Balaban J connectivity index is 2.17. The predicted octanol–water partition coefficient (Wildman–Crippen LogP) is 2.41. The fourth-order valence-corrected chi connectivity index (χ4v) is 1.95. The number of hydrogen-bond donors (Lipinski definition) is 1. The molecule has 18 heavy (non-hydrogen) atoms. The second-order valence-electron chi connectivity index (χ2n) is 3.39. The smallest absolute Gasteiger partial charge is 0.267 e. The minimum atomic E-state index is -0.190. The van der Waals surface area contributed by atoms with Crippen LogP contribution in [-0.4, -0.2) is 25.1 Å². The van der Waals surface area contributed by atoms with E-state index in [-0.39, 0.29) is 5.91 Å². The lowest BCUT2D eigenvalue weighted by atomic mass is 10.2. The zero-order valence-corrected chi connectivity index (χ0v) is 10.8. The highest BCUT2D eigenvalue weighted by molar-refractivity contribution is 7.11. The van der Waals surface area contributed by atoms with Crippen molar-refractivity contribution in [3.63, 3.8) is 0 Å². The van der Waals surface area contributed by atoms with Gasteiger partial charge >= 0.3 is 0 Å². The Kier molecular flexibility index (Phi) is 3.78. The molecule has 0 fully saturated rings. The Morgan fingerprint density at radius 1 is 1.28 bits per heavy atom. The van der Waals surface area contributed by atoms with Crippen LogP contribution in [0.25, 0.3) is 0 Å². The van der Waals surface area contributed by atoms with Crippen molar-refractivity contribution in [3.8, 4) is 11.5 Å². The molecule has 1 aromatic carbocycles. The number of anilines is 1. The minimum absolute atomic E-state index is 0.190. The molecule has 0 spiro atoms. The topological polar surface area (TPSA) is 60.5 Å². The monoisotopic (exact) mass is 264 g/mol. The van der Waals surface area contributed by atoms with Crippen LogP contribution in [0.4, 0.5) is 5.69 Å². The van der Waals surface area contributed by atoms with Crippen LogP contribution in [0.15, 0.2) is 29.9 Å². The third kappa shape index (κ3) is 2.60. The lowest BCUT2D eigenvalue weighted by Crippen LogP contribution is -2.10. The van der Waals surface area contributed by atoms with Gasteiger partial charge in [0.05, 0.1) is 25.9 Å². The number of carbonyl (C=O) groups is 1. The predicted molar refractivity (Wildman–Crippen MR) is 69.6 cm³/mol. The molecule has 0 saturated heterocycles. The fourth-order valence-electron chi connectivity index (χ4n) is 1.43. The average Bonchev–Trinajstić information content (AvgIpc) is 2.92. The van der Waals surface area contributed by atoms with E-state index >= 15 is 0 Å². The zero-order valence-electron chi connectivity index (χ0n) is 9.97. The fraction of sp³-hybridized carbons (Fsp3) is 0.167. The van der Waals surface area contributed by atoms with Crippen molar-refractivity contribution >= 4 is 22.9 Å². The summed E-state index contributed by atoms with van der Waals surface area (Å²) in [4.78, 5) is 16.2. The first kappa shape index (κ1) is 12.4. The number of rotatable bonds is 4. The maximum Gasteiger partial charge on any atom is 0.267 e. The summed E-state index contributed by atoms with van der Waals surface area (Å²) in [6, 6.07) is 5.19. The van der Waals surface area contributed by atoms with Crippen molar-refractivity contribution in [2.75, 3.05) is 19.5 Å². The first-order chi connectivity index (χ1) is 8.74. The number of thiazole rings is 1. The highest BCUT2D eigenvalue weighted by atomic mass is 32.1. The van der Waals surface area contributed by atoms with Crippen molar-refractivity contribution in [1.82, 2.24) is 4.98 Å². The normalized spacial score (nSPS) is 9.89. The van der Waals surface area contributed by atoms with Crippen LogP contribution in [0.3, 0.4) is 0 Å². The summed E-state index contributed by atoms with van der Waals surface area (Å²) in [6.07, 6.45) is 1.53. The molecule has 2 rings (SSSR count). The zero-order chi connectivity index (χ0) is 13.0. The Morgan fingerprint density at radius 3 is 2.67 bits per heavy atom. The highest BCUT2D eigenvalue weighted by Crippen LogP contribution is 2.29. The molecular formula is C12H12N2O3S. The second-order valence-corrected chi connectivity index (χ2v) is 4.28. The second kappa shape index (κ2) is 5.50. The largest absolute Gasteiger partial charge is 0.493 e. The van der Waals surface area contributed by atoms with Gasteiger partial charge in [-0.25, -0.2) is 0 Å². The van der Waals surface area contributed by atoms with Gasteiger partial charge in [-0.15, -0.1) is 11.3 Å². The molecule has 1 N–H and O–H groups in total. The van der Waals surface area contributed by atoms with Gasteiger partial charge in [0, 0.05) is 11.8 Å². The van der Waals surface area contributed by atoms with Gasteiger partial charge in [-0.05, 0) is 12.1 Å². The number of carbonyl (C=O) groups excluding carboxylic acids is 1. The van der Waals surface area contributed by atoms with Crippen molar-refractivity contribution < 1.29 is 14.3 Å². The number of ether oxygens (including phenoxy) is 2. The van der Waals surface area contributed by atoms with Crippen LogP contribution < -0.4 is 14.8 Å². The maximum atomic E-state index is 11.8. The molecule has 0 unspecified atom stereocenters. The number of amides is 1. The van der Waals surface area contributed by atoms with E-state index in [0.717, 1.165) is 0 Å². The molecule has 1 aromatic heterocycles. The van der Waals surface area contributed by atoms with Gasteiger partial charge in [0.1, 0.15) is 4.88 Å². The summed E-state index contributed by atoms with van der Waals surface area (Å²) < 4.78 is 10.3. The Bertz CT molecular complexity index is 540. The van der Waals surface area contributed by atoms with Gasteiger partial charge in [-0.1, -0.05) is 0 Å². The van der Waals surface area contributed by atoms with Gasteiger partial charge in [0.15, 0.2) is 11.5 Å². The number of benzene rings is 1. The summed E-state index contributed by atoms with van der Waals surface area (Å²) in [6.45, 7) is 0. The van der Waals surface area contributed by atoms with E-state index in [1.54, 1.807) is 37.9 Å². The average molecular weight is 264 g/mol. The molecule has 6 heteroatoms. The molecule has 0 saturated carbocycles. The Morgan fingerprint density at radius 2 is 2.06 bits per heavy atom. The minimum Gasteiger partial charge on any atom is -0.493 e. The molecule has 1 heterocycles. The van der Waals surface area contributed by atoms with Gasteiger partial charge in [0.25, 0.3) is 5.91 Å². The van der Waals surface area contributed by atoms with Crippen LogP contribution in [0.2, 0.25) is 0 Å². The first-order valence-electron chi connectivity index (χ1n) is 5.16. The van der Waals surface area contributed by atoms with Crippen molar-refractivity contribution in [1.29, 1.82) is 0 Å². The molecule has 1 amide bonds. The van der Waals surface area contributed by atoms with Crippen LogP contribution >= 0.6 is 11.3 Å². The lowest BCUT2D eigenvalue weighted by Gasteiger charge is -2.09. The lowest BCUT2D eigenvalue weighted by molar-refractivity contribution is 0.103. The molecule has 0 aliphatic rings.